The molecule has 0 spiro atoms. The molecule has 4 atom stereocenters. The number of aliphatic hydroxyl groups is 3. The maximum absolute atomic E-state index is 11.1. The number of rotatable bonds is 5. The topological polar surface area (TPSA) is 137 Å². The van der Waals surface area contributed by atoms with E-state index >= 15 is 0 Å². The van der Waals surface area contributed by atoms with E-state index in [4.69, 9.17) is 9.29 Å². The zero-order valence-corrected chi connectivity index (χ0v) is 14.2. The van der Waals surface area contributed by atoms with Crippen LogP contribution in [0.25, 0.3) is 0 Å². The van der Waals surface area contributed by atoms with Crippen LogP contribution in [0.15, 0.2) is 34.7 Å². The highest BCUT2D eigenvalue weighted by Crippen LogP contribution is 2.30. The van der Waals surface area contributed by atoms with E-state index in [1.54, 1.807) is 30.3 Å². The van der Waals surface area contributed by atoms with Crippen LogP contribution < -0.4 is 0 Å². The minimum absolute atomic E-state index is 0.00135. The predicted molar refractivity (Wildman–Crippen MR) is 89.1 cm³/mol. The van der Waals surface area contributed by atoms with Crippen molar-refractivity contribution in [2.45, 2.75) is 36.6 Å². The van der Waals surface area contributed by atoms with Gasteiger partial charge in [0.05, 0.1) is 23.9 Å². The van der Waals surface area contributed by atoms with E-state index in [0.717, 1.165) is 17.3 Å². The smallest absolute Gasteiger partial charge is 0.379 e. The first-order chi connectivity index (χ1) is 11.3. The van der Waals surface area contributed by atoms with Crippen molar-refractivity contribution in [1.29, 1.82) is 0 Å². The molecule has 0 aliphatic carbocycles. The number of benzene rings is 1. The number of hydrogen-bond donors (Lipinski definition) is 4. The van der Waals surface area contributed by atoms with E-state index in [9.17, 15) is 23.7 Å². The lowest BCUT2D eigenvalue weighted by Gasteiger charge is -2.36. The predicted octanol–water partition coefficient (Wildman–Crippen LogP) is -0.00730. The number of aliphatic hydroxyl groups excluding tert-OH is 3. The van der Waals surface area contributed by atoms with Crippen molar-refractivity contribution >= 4 is 27.1 Å². The van der Waals surface area contributed by atoms with Gasteiger partial charge >= 0.3 is 10.3 Å². The van der Waals surface area contributed by atoms with Crippen molar-refractivity contribution in [1.82, 2.24) is 0 Å². The molecule has 134 valence electrons. The van der Waals surface area contributed by atoms with Crippen LogP contribution in [0.3, 0.4) is 0 Å². The van der Waals surface area contributed by atoms with Gasteiger partial charge in [-0.1, -0.05) is 42.1 Å². The van der Waals surface area contributed by atoms with E-state index in [1.807, 2.05) is 0 Å². The van der Waals surface area contributed by atoms with Crippen molar-refractivity contribution in [2.24, 2.45) is 4.40 Å². The summed E-state index contributed by atoms with van der Waals surface area (Å²) >= 11 is 0.786. The average Bonchev–Trinajstić information content (AvgIpc) is 2.51. The van der Waals surface area contributed by atoms with E-state index in [2.05, 4.69) is 4.40 Å². The Hall–Kier alpha value is -1.01. The highest BCUT2D eigenvalue weighted by molar-refractivity contribution is 8.14. The van der Waals surface area contributed by atoms with Crippen LogP contribution >= 0.6 is 11.8 Å². The van der Waals surface area contributed by atoms with Gasteiger partial charge in [0.15, 0.2) is 0 Å². The summed E-state index contributed by atoms with van der Waals surface area (Å²) in [6.45, 7) is -0.343. The first kappa shape index (κ1) is 19.3. The molecule has 0 saturated carbocycles. The van der Waals surface area contributed by atoms with Gasteiger partial charge in [0.25, 0.3) is 0 Å². The molecule has 0 bridgehead atoms. The molecule has 1 heterocycles. The molecule has 2 rings (SSSR count). The second kappa shape index (κ2) is 8.39. The van der Waals surface area contributed by atoms with Gasteiger partial charge in [-0.2, -0.15) is 8.42 Å². The average molecular weight is 377 g/mol. The minimum atomic E-state index is -4.63. The zero-order valence-electron chi connectivity index (χ0n) is 12.6. The van der Waals surface area contributed by atoms with Crippen molar-refractivity contribution in [2.75, 3.05) is 6.61 Å². The fraction of sp³-hybridized carbons (Fsp3) is 0.500. The van der Waals surface area contributed by atoms with Crippen molar-refractivity contribution < 1.29 is 33.0 Å². The van der Waals surface area contributed by atoms with E-state index in [1.165, 1.54) is 0 Å². The highest BCUT2D eigenvalue weighted by Gasteiger charge is 2.37. The van der Waals surface area contributed by atoms with Crippen molar-refractivity contribution in [3.8, 4) is 0 Å². The molecule has 0 radical (unpaired) electrons. The Morgan fingerprint density at radius 1 is 1.29 bits per heavy atom. The summed E-state index contributed by atoms with van der Waals surface area (Å²) in [7, 11) is -4.63. The van der Waals surface area contributed by atoms with Crippen LogP contribution in [0.2, 0.25) is 0 Å². The Bertz CT molecular complexity index is 665. The van der Waals surface area contributed by atoms with Crippen LogP contribution in [0, 0.1) is 0 Å². The quantitative estimate of drug-likeness (QED) is 0.320. The summed E-state index contributed by atoms with van der Waals surface area (Å²) in [6, 6.07) is 8.84. The molecule has 10 heteroatoms. The Morgan fingerprint density at radius 3 is 2.54 bits per heavy atom. The third-order valence-corrected chi connectivity index (χ3v) is 5.07. The molecule has 1 aliphatic heterocycles. The van der Waals surface area contributed by atoms with Gasteiger partial charge in [-0.05, 0) is 5.56 Å². The molecule has 0 unspecified atom stereocenters. The Labute approximate surface area is 144 Å². The number of ether oxygens (including phenoxy) is 1. The summed E-state index contributed by atoms with van der Waals surface area (Å²) < 4.78 is 39.9. The minimum Gasteiger partial charge on any atom is -0.394 e. The van der Waals surface area contributed by atoms with Gasteiger partial charge in [-0.15, -0.1) is 4.40 Å². The van der Waals surface area contributed by atoms with Gasteiger partial charge in [-0.3, -0.25) is 4.55 Å². The fourth-order valence-electron chi connectivity index (χ4n) is 2.26. The Balaban J connectivity index is 2.19. The fourth-order valence-corrected chi connectivity index (χ4v) is 4.09. The second-order valence-electron chi connectivity index (χ2n) is 5.32. The Kier molecular flexibility index (Phi) is 6.75. The molecule has 1 aromatic rings. The zero-order chi connectivity index (χ0) is 17.7. The molecule has 1 aromatic carbocycles. The van der Waals surface area contributed by atoms with Crippen LogP contribution in [0.1, 0.15) is 12.0 Å². The van der Waals surface area contributed by atoms with Crippen LogP contribution in [-0.4, -0.2) is 63.7 Å². The third-order valence-electron chi connectivity index (χ3n) is 3.38. The standard InChI is InChI=1S/C14H19NO7S2/c16-8-10-7-11(17)13(18)14(22-10)23-12(15-24(19,20)21)6-9-4-2-1-3-5-9/h1-5,10-11,13-14,16-18H,6-8H2,(H,19,20,21)/t10-,11-,13+,14-/m0/s1. The number of hydrogen-bond acceptors (Lipinski definition) is 7. The molecule has 1 aliphatic rings. The maximum Gasteiger partial charge on any atom is 0.379 e. The molecule has 1 saturated heterocycles. The normalized spacial score (nSPS) is 28.8. The largest absolute Gasteiger partial charge is 0.394 e. The monoisotopic (exact) mass is 377 g/mol. The third kappa shape index (κ3) is 5.81. The molecule has 1 fully saturated rings. The first-order valence-corrected chi connectivity index (χ1v) is 9.45. The van der Waals surface area contributed by atoms with E-state index in [0.29, 0.717) is 0 Å². The molecule has 24 heavy (non-hydrogen) atoms. The van der Waals surface area contributed by atoms with Gasteiger partial charge in [0.1, 0.15) is 11.5 Å². The molecule has 8 nitrogen and oxygen atoms in total. The van der Waals surface area contributed by atoms with Gasteiger partial charge < -0.3 is 20.1 Å². The van der Waals surface area contributed by atoms with Crippen LogP contribution in [0.5, 0.6) is 0 Å². The number of nitrogens with zero attached hydrogens (tertiary/aromatic N) is 1. The lowest BCUT2D eigenvalue weighted by molar-refractivity contribution is -0.145. The SMILES string of the molecule is O=S(=O)(O)N=C(Cc1ccccc1)S[C@@H]1O[C@H](CO)C[C@H](O)[C@H]1O. The molecule has 0 amide bonds. The molecular weight excluding hydrogens is 358 g/mol. The summed E-state index contributed by atoms with van der Waals surface area (Å²) in [5, 5.41) is 29.0. The van der Waals surface area contributed by atoms with Crippen molar-refractivity contribution in [3.05, 3.63) is 35.9 Å². The summed E-state index contributed by atoms with van der Waals surface area (Å²) in [4.78, 5) is 0. The summed E-state index contributed by atoms with van der Waals surface area (Å²) in [5.41, 5.74) is -0.271. The Morgan fingerprint density at radius 2 is 1.96 bits per heavy atom. The molecule has 4 N–H and O–H groups in total. The summed E-state index contributed by atoms with van der Waals surface area (Å²) in [6.07, 6.45) is -2.91. The lowest BCUT2D eigenvalue weighted by atomic mass is 10.0. The maximum atomic E-state index is 11.1. The van der Waals surface area contributed by atoms with Gasteiger partial charge in [-0.25, -0.2) is 0 Å². The molecule has 0 aromatic heterocycles. The van der Waals surface area contributed by atoms with Gasteiger partial charge in [0.2, 0.25) is 0 Å². The summed E-state index contributed by atoms with van der Waals surface area (Å²) in [5.74, 6) is 0. The van der Waals surface area contributed by atoms with Crippen LogP contribution in [0.4, 0.5) is 0 Å². The van der Waals surface area contributed by atoms with Gasteiger partial charge in [0, 0.05) is 12.8 Å². The number of thioether (sulfide) groups is 1. The van der Waals surface area contributed by atoms with E-state index < -0.39 is 34.1 Å². The second-order valence-corrected chi connectivity index (χ2v) is 7.57. The highest BCUT2D eigenvalue weighted by atomic mass is 32.2. The van der Waals surface area contributed by atoms with E-state index in [-0.39, 0.29) is 24.5 Å². The first-order valence-electron chi connectivity index (χ1n) is 7.18. The van der Waals surface area contributed by atoms with Crippen LogP contribution in [-0.2, 0) is 21.5 Å². The molecular formula is C14H19NO7S2. The lowest BCUT2D eigenvalue weighted by Crippen LogP contribution is -2.48. The van der Waals surface area contributed by atoms with Crippen molar-refractivity contribution in [3.63, 3.8) is 0 Å².